The van der Waals surface area contributed by atoms with Gasteiger partial charge < -0.3 is 9.64 Å². The Kier molecular flexibility index (Phi) is 6.10. The van der Waals surface area contributed by atoms with Crippen LogP contribution in [-0.2, 0) is 4.74 Å². The summed E-state index contributed by atoms with van der Waals surface area (Å²) in [4.78, 5) is 5.29. The summed E-state index contributed by atoms with van der Waals surface area (Å²) in [5.41, 5.74) is 0.0745. The van der Waals surface area contributed by atoms with E-state index in [9.17, 15) is 0 Å². The summed E-state index contributed by atoms with van der Waals surface area (Å²) in [5, 5.41) is 0. The fourth-order valence-electron chi connectivity index (χ4n) is 4.18. The molecule has 2 fully saturated rings. The van der Waals surface area contributed by atoms with E-state index in [4.69, 9.17) is 4.74 Å². The molecule has 3 nitrogen and oxygen atoms in total. The first-order valence-corrected chi connectivity index (χ1v) is 8.98. The third-order valence-electron chi connectivity index (χ3n) is 5.15. The van der Waals surface area contributed by atoms with Crippen LogP contribution in [0.5, 0.6) is 0 Å². The van der Waals surface area contributed by atoms with Crippen LogP contribution in [0, 0.1) is 11.8 Å². The van der Waals surface area contributed by atoms with Crippen LogP contribution < -0.4 is 0 Å². The van der Waals surface area contributed by atoms with Gasteiger partial charge in [-0.05, 0) is 65.0 Å². The van der Waals surface area contributed by atoms with Crippen LogP contribution in [0.15, 0.2) is 0 Å². The van der Waals surface area contributed by atoms with Crippen molar-refractivity contribution in [2.24, 2.45) is 11.8 Å². The molecule has 0 unspecified atom stereocenters. The van der Waals surface area contributed by atoms with Crippen LogP contribution in [0.2, 0.25) is 0 Å². The molecule has 0 aromatic carbocycles. The molecule has 3 heteroatoms. The molecule has 2 rings (SSSR count). The molecule has 0 aromatic heterocycles. The first kappa shape index (κ1) is 17.2. The maximum atomic E-state index is 6.09. The summed E-state index contributed by atoms with van der Waals surface area (Å²) in [5.74, 6) is 1.60. The van der Waals surface area contributed by atoms with Gasteiger partial charge in [0.25, 0.3) is 0 Å². The Balaban J connectivity index is 1.78. The molecule has 0 bridgehead atoms. The SMILES string of the molecule is CC(C)C[C@]1(C)CN(CC2CCN(C(C)C)CC2)CCO1. The first-order valence-electron chi connectivity index (χ1n) is 8.98. The molecule has 21 heavy (non-hydrogen) atoms. The van der Waals surface area contributed by atoms with Crippen molar-refractivity contribution in [1.82, 2.24) is 9.80 Å². The first-order chi connectivity index (χ1) is 9.88. The number of hydrogen-bond acceptors (Lipinski definition) is 3. The maximum Gasteiger partial charge on any atom is 0.0783 e. The van der Waals surface area contributed by atoms with E-state index in [1.807, 2.05) is 0 Å². The minimum atomic E-state index is 0.0745. The predicted octanol–water partition coefficient (Wildman–Crippen LogP) is 3.24. The number of likely N-dealkylation sites (tertiary alicyclic amines) is 1. The summed E-state index contributed by atoms with van der Waals surface area (Å²) < 4.78 is 6.09. The molecule has 2 saturated heterocycles. The van der Waals surface area contributed by atoms with Crippen molar-refractivity contribution in [3.63, 3.8) is 0 Å². The number of ether oxygens (including phenoxy) is 1. The van der Waals surface area contributed by atoms with Gasteiger partial charge in [0.2, 0.25) is 0 Å². The fourth-order valence-corrected chi connectivity index (χ4v) is 4.18. The zero-order valence-electron chi connectivity index (χ0n) is 14.9. The summed E-state index contributed by atoms with van der Waals surface area (Å²) in [6.07, 6.45) is 3.92. The van der Waals surface area contributed by atoms with E-state index < -0.39 is 0 Å². The molecular weight excluding hydrogens is 260 g/mol. The molecule has 0 radical (unpaired) electrons. The summed E-state index contributed by atoms with van der Waals surface area (Å²) in [7, 11) is 0. The van der Waals surface area contributed by atoms with Crippen LogP contribution in [0.3, 0.4) is 0 Å². The molecule has 2 aliphatic rings. The summed E-state index contributed by atoms with van der Waals surface area (Å²) in [6.45, 7) is 18.6. The van der Waals surface area contributed by atoms with Crippen LogP contribution in [0.25, 0.3) is 0 Å². The lowest BCUT2D eigenvalue weighted by atomic mass is 9.90. The molecule has 124 valence electrons. The van der Waals surface area contributed by atoms with E-state index in [1.165, 1.54) is 38.9 Å². The Morgan fingerprint density at radius 3 is 2.33 bits per heavy atom. The molecule has 2 heterocycles. The molecule has 0 saturated carbocycles. The number of rotatable bonds is 5. The lowest BCUT2D eigenvalue weighted by Gasteiger charge is -2.44. The van der Waals surface area contributed by atoms with Gasteiger partial charge in [0.1, 0.15) is 0 Å². The standard InChI is InChI=1S/C18H36N2O/c1-15(2)12-18(5)14-19(10-11-21-18)13-17-6-8-20(9-7-17)16(3)4/h15-17H,6-14H2,1-5H3/t18-/m1/s1. The van der Waals surface area contributed by atoms with Gasteiger partial charge in [-0.1, -0.05) is 13.8 Å². The quantitative estimate of drug-likeness (QED) is 0.774. The summed E-state index contributed by atoms with van der Waals surface area (Å²) >= 11 is 0. The highest BCUT2D eigenvalue weighted by Crippen LogP contribution is 2.27. The third kappa shape index (κ3) is 5.22. The van der Waals surface area contributed by atoms with Gasteiger partial charge in [-0.25, -0.2) is 0 Å². The largest absolute Gasteiger partial charge is 0.373 e. The normalized spacial score (nSPS) is 30.4. The Bertz CT molecular complexity index is 310. The van der Waals surface area contributed by atoms with Crippen molar-refractivity contribution in [2.75, 3.05) is 39.3 Å². The number of piperidine rings is 1. The molecule has 0 N–H and O–H groups in total. The van der Waals surface area contributed by atoms with Crippen molar-refractivity contribution in [3.8, 4) is 0 Å². The van der Waals surface area contributed by atoms with E-state index in [1.54, 1.807) is 0 Å². The molecule has 0 spiro atoms. The number of hydrogen-bond donors (Lipinski definition) is 0. The number of morpholine rings is 1. The fraction of sp³-hybridized carbons (Fsp3) is 1.00. The second-order valence-corrected chi connectivity index (χ2v) is 8.20. The molecular formula is C18H36N2O. The minimum Gasteiger partial charge on any atom is -0.373 e. The van der Waals surface area contributed by atoms with E-state index in [0.717, 1.165) is 25.6 Å². The highest BCUT2D eigenvalue weighted by molar-refractivity contribution is 4.86. The van der Waals surface area contributed by atoms with Gasteiger partial charge >= 0.3 is 0 Å². The molecule has 0 aliphatic carbocycles. The van der Waals surface area contributed by atoms with Gasteiger partial charge in [0.15, 0.2) is 0 Å². The average Bonchev–Trinajstić information content (AvgIpc) is 2.37. The smallest absolute Gasteiger partial charge is 0.0783 e. The van der Waals surface area contributed by atoms with Gasteiger partial charge in [0.05, 0.1) is 12.2 Å². The topological polar surface area (TPSA) is 15.7 Å². The minimum absolute atomic E-state index is 0.0745. The summed E-state index contributed by atoms with van der Waals surface area (Å²) in [6, 6.07) is 0.712. The highest BCUT2D eigenvalue weighted by atomic mass is 16.5. The van der Waals surface area contributed by atoms with Gasteiger partial charge in [-0.2, -0.15) is 0 Å². The van der Waals surface area contributed by atoms with Crippen LogP contribution in [0.1, 0.15) is 53.9 Å². The monoisotopic (exact) mass is 296 g/mol. The van der Waals surface area contributed by atoms with Crippen molar-refractivity contribution >= 4 is 0 Å². The molecule has 1 atom stereocenters. The van der Waals surface area contributed by atoms with E-state index in [-0.39, 0.29) is 5.60 Å². The van der Waals surface area contributed by atoms with Crippen molar-refractivity contribution in [1.29, 1.82) is 0 Å². The van der Waals surface area contributed by atoms with Crippen LogP contribution in [0.4, 0.5) is 0 Å². The van der Waals surface area contributed by atoms with Crippen LogP contribution in [-0.4, -0.2) is 60.8 Å². The Hall–Kier alpha value is -0.120. The average molecular weight is 296 g/mol. The Morgan fingerprint density at radius 1 is 1.10 bits per heavy atom. The molecule has 2 aliphatic heterocycles. The van der Waals surface area contributed by atoms with E-state index in [0.29, 0.717) is 12.0 Å². The van der Waals surface area contributed by atoms with Crippen molar-refractivity contribution < 1.29 is 4.74 Å². The maximum absolute atomic E-state index is 6.09. The molecule has 0 amide bonds. The van der Waals surface area contributed by atoms with Crippen LogP contribution >= 0.6 is 0 Å². The highest BCUT2D eigenvalue weighted by Gasteiger charge is 2.34. The second-order valence-electron chi connectivity index (χ2n) is 8.20. The number of nitrogens with zero attached hydrogens (tertiary/aromatic N) is 2. The lowest BCUT2D eigenvalue weighted by Crippen LogP contribution is -2.52. The predicted molar refractivity (Wildman–Crippen MR) is 89.7 cm³/mol. The Morgan fingerprint density at radius 2 is 1.76 bits per heavy atom. The lowest BCUT2D eigenvalue weighted by molar-refractivity contribution is -0.111. The zero-order chi connectivity index (χ0) is 15.5. The van der Waals surface area contributed by atoms with Crippen molar-refractivity contribution in [3.05, 3.63) is 0 Å². The van der Waals surface area contributed by atoms with Gasteiger partial charge in [-0.3, -0.25) is 4.90 Å². The van der Waals surface area contributed by atoms with Crippen molar-refractivity contribution in [2.45, 2.75) is 65.5 Å². The van der Waals surface area contributed by atoms with Gasteiger partial charge in [0, 0.05) is 25.7 Å². The van der Waals surface area contributed by atoms with Gasteiger partial charge in [-0.15, -0.1) is 0 Å². The molecule has 0 aromatic rings. The Labute approximate surface area is 132 Å². The third-order valence-corrected chi connectivity index (χ3v) is 5.15. The second kappa shape index (κ2) is 7.43. The zero-order valence-corrected chi connectivity index (χ0v) is 14.9. The van der Waals surface area contributed by atoms with E-state index in [2.05, 4.69) is 44.4 Å². The van der Waals surface area contributed by atoms with E-state index >= 15 is 0 Å².